The Balaban J connectivity index is 2.80. The first-order valence-electron chi connectivity index (χ1n) is 5.21. The van der Waals surface area contributed by atoms with E-state index in [1.165, 1.54) is 12.1 Å². The molecular weight excluding hydrogens is 213 g/mol. The van der Waals surface area contributed by atoms with E-state index in [0.717, 1.165) is 6.92 Å². The number of carboxylic acid groups (broad SMARTS) is 1. The fourth-order valence-electron chi connectivity index (χ4n) is 1.04. The minimum Gasteiger partial charge on any atom is -0.480 e. The molecule has 16 heavy (non-hydrogen) atoms. The summed E-state index contributed by atoms with van der Waals surface area (Å²) in [5.41, 5.74) is 0.317. The lowest BCUT2D eigenvalue weighted by Gasteiger charge is -2.15. The Hall–Kier alpha value is -1.91. The number of nitrogens with zero attached hydrogens (tertiary/aromatic N) is 1. The van der Waals surface area contributed by atoms with E-state index in [9.17, 15) is 14.1 Å². The summed E-state index contributed by atoms with van der Waals surface area (Å²) in [5.74, 6) is -2.65. The van der Waals surface area contributed by atoms with Crippen molar-refractivity contribution in [2.24, 2.45) is 0 Å². The lowest BCUT2D eigenvalue weighted by atomic mass is 10.1. The van der Waals surface area contributed by atoms with E-state index >= 15 is 0 Å². The summed E-state index contributed by atoms with van der Waals surface area (Å²) < 4.78 is 20.9. The summed E-state index contributed by atoms with van der Waals surface area (Å²) in [4.78, 5) is 22.0. The highest BCUT2D eigenvalue weighted by atomic mass is 19.2. The van der Waals surface area contributed by atoms with E-state index < -0.39 is 29.4 Å². The Bertz CT molecular complexity index is 412. The van der Waals surface area contributed by atoms with Crippen molar-refractivity contribution in [1.29, 1.82) is 0 Å². The maximum Gasteiger partial charge on any atom is 0.329 e. The van der Waals surface area contributed by atoms with Gasteiger partial charge in [0, 0.05) is 1.37 Å². The second-order valence-corrected chi connectivity index (χ2v) is 3.22. The second-order valence-electron chi connectivity index (χ2n) is 3.22. The molecule has 1 aromatic carbocycles. The van der Waals surface area contributed by atoms with Gasteiger partial charge in [-0.15, -0.1) is 0 Å². The van der Waals surface area contributed by atoms with E-state index in [1.807, 2.05) is 0 Å². The van der Waals surface area contributed by atoms with Crippen LogP contribution in [0.25, 0.3) is 0 Å². The van der Waals surface area contributed by atoms with Gasteiger partial charge in [-0.3, -0.25) is 4.79 Å². The molecule has 0 aromatic heterocycles. The van der Waals surface area contributed by atoms with Crippen molar-refractivity contribution in [3.05, 3.63) is 35.9 Å². The van der Waals surface area contributed by atoms with Crippen molar-refractivity contribution < 1.29 is 20.5 Å². The van der Waals surface area contributed by atoms with Gasteiger partial charge in [0.05, 0.1) is 6.40 Å². The van der Waals surface area contributed by atoms with Gasteiger partial charge in [-0.1, -0.05) is 34.8 Å². The van der Waals surface area contributed by atoms with Crippen LogP contribution < -0.4 is 0 Å². The molecule has 0 fully saturated rings. The Morgan fingerprint density at radius 2 is 2.06 bits per heavy atom. The Morgan fingerprint density at radius 1 is 1.50 bits per heavy atom. The molecule has 86 valence electrons. The molecule has 0 spiro atoms. The number of carboxylic acids is 1. The zero-order valence-electron chi connectivity index (χ0n) is 9.63. The van der Waals surface area contributed by atoms with Gasteiger partial charge in [-0.05, 0) is 12.5 Å². The molecular formula is C11H12FNO3. The van der Waals surface area contributed by atoms with Crippen LogP contribution in [0.5, 0.6) is 0 Å². The highest BCUT2D eigenvalue weighted by Gasteiger charge is 2.25. The average molecular weight is 226 g/mol. The number of carbonyl (C=O) groups is 2. The quantitative estimate of drug-likeness (QED) is 0.790. The van der Waals surface area contributed by atoms with E-state index in [4.69, 9.17) is 6.48 Å². The van der Waals surface area contributed by atoms with E-state index in [-0.39, 0.29) is 0 Å². The van der Waals surface area contributed by atoms with E-state index in [2.05, 4.69) is 0 Å². The topological polar surface area (TPSA) is 57.6 Å². The number of amides is 1. The van der Waals surface area contributed by atoms with Crippen LogP contribution in [0.3, 0.4) is 0 Å². The molecule has 0 radical (unpaired) electrons. The minimum absolute atomic E-state index is 0.317. The van der Waals surface area contributed by atoms with Crippen LogP contribution in [0.1, 0.15) is 13.9 Å². The molecule has 0 aliphatic heterocycles. The van der Waals surface area contributed by atoms with Gasteiger partial charge >= 0.3 is 5.97 Å². The van der Waals surface area contributed by atoms with Crippen LogP contribution in [0.4, 0.5) is 4.48 Å². The molecule has 5 heteroatoms. The average Bonchev–Trinajstić information content (AvgIpc) is 2.36. The molecule has 1 rings (SSSR count). The third kappa shape index (κ3) is 3.05. The van der Waals surface area contributed by atoms with Crippen LogP contribution >= 0.6 is 0 Å². The smallest absolute Gasteiger partial charge is 0.329 e. The van der Waals surface area contributed by atoms with Gasteiger partial charge in [-0.2, -0.15) is 5.12 Å². The highest BCUT2D eigenvalue weighted by molar-refractivity contribution is 5.83. The van der Waals surface area contributed by atoms with Crippen LogP contribution in [-0.4, -0.2) is 28.1 Å². The van der Waals surface area contributed by atoms with Crippen molar-refractivity contribution >= 4 is 11.9 Å². The number of rotatable bonds is 4. The molecule has 1 aromatic rings. The van der Waals surface area contributed by atoms with Crippen molar-refractivity contribution in [2.75, 3.05) is 0 Å². The fourth-order valence-corrected chi connectivity index (χ4v) is 1.04. The molecule has 4 nitrogen and oxygen atoms in total. The third-order valence-corrected chi connectivity index (χ3v) is 2.00. The molecule has 0 aliphatic carbocycles. The lowest BCUT2D eigenvalue weighted by Crippen LogP contribution is -2.38. The first-order chi connectivity index (χ1) is 7.95. The lowest BCUT2D eigenvalue weighted by molar-refractivity contribution is -0.164. The van der Waals surface area contributed by atoms with Gasteiger partial charge in [0.15, 0.2) is 6.04 Å². The highest BCUT2D eigenvalue weighted by Crippen LogP contribution is 2.06. The summed E-state index contributed by atoms with van der Waals surface area (Å²) >= 11 is 0. The van der Waals surface area contributed by atoms with Crippen LogP contribution in [-0.2, 0) is 16.0 Å². The summed E-state index contributed by atoms with van der Waals surface area (Å²) in [7, 11) is 0. The van der Waals surface area contributed by atoms with Crippen LogP contribution in [0, 0.1) is 0 Å². The molecule has 1 unspecified atom stereocenters. The van der Waals surface area contributed by atoms with Crippen LogP contribution in [0.2, 0.25) is 0 Å². The predicted octanol–water partition coefficient (Wildman–Crippen LogP) is 1.42. The zero-order valence-corrected chi connectivity index (χ0v) is 8.63. The summed E-state index contributed by atoms with van der Waals surface area (Å²) in [6.45, 7) is 1.04. The summed E-state index contributed by atoms with van der Waals surface area (Å²) in [5, 5.41) is 8.13. The molecule has 0 saturated carbocycles. The first-order valence-corrected chi connectivity index (χ1v) is 4.64. The predicted molar refractivity (Wildman–Crippen MR) is 55.2 cm³/mol. The summed E-state index contributed by atoms with van der Waals surface area (Å²) in [6, 6.07) is 6.36. The number of hydrogen-bond acceptors (Lipinski definition) is 2. The van der Waals surface area contributed by atoms with Gasteiger partial charge in [0.2, 0.25) is 0 Å². The molecule has 0 heterocycles. The minimum atomic E-state index is -1.60. The largest absolute Gasteiger partial charge is 0.480 e. The molecule has 0 aliphatic rings. The van der Waals surface area contributed by atoms with Crippen molar-refractivity contribution in [3.63, 3.8) is 0 Å². The van der Waals surface area contributed by atoms with Crippen molar-refractivity contribution in [2.45, 2.75) is 19.4 Å². The van der Waals surface area contributed by atoms with Gasteiger partial charge in [0.25, 0.3) is 5.91 Å². The number of hydrogen-bond donors (Lipinski definition) is 1. The first kappa shape index (κ1) is 10.6. The number of carbonyl (C=O) groups excluding carboxylic acids is 1. The maximum absolute atomic E-state index is 13.4. The number of halogens is 1. The van der Waals surface area contributed by atoms with E-state index in [1.54, 1.807) is 18.2 Å². The molecule has 1 N–H and O–H groups in total. The zero-order chi connectivity index (χ0) is 13.0. The third-order valence-electron chi connectivity index (χ3n) is 2.00. The molecule has 1 amide bonds. The van der Waals surface area contributed by atoms with Crippen molar-refractivity contribution in [1.82, 2.24) is 5.12 Å². The Kier molecular flexibility index (Phi) is 3.48. The number of aliphatic carboxylic acids is 1. The summed E-state index contributed by atoms with van der Waals surface area (Å²) in [6.07, 6.45) is -1.46. The van der Waals surface area contributed by atoms with Gasteiger partial charge < -0.3 is 5.11 Å². The molecule has 0 saturated heterocycles. The maximum atomic E-state index is 13.4. The normalized spacial score (nSPS) is 14.8. The van der Waals surface area contributed by atoms with Gasteiger partial charge in [0.1, 0.15) is 0 Å². The SMILES string of the molecule is [2H]C(C(=O)N(F)[C@@H](C)C(=O)O)c1ccccc1. The number of benzene rings is 1. The van der Waals surface area contributed by atoms with Crippen molar-refractivity contribution in [3.8, 4) is 0 Å². The van der Waals surface area contributed by atoms with Gasteiger partial charge in [-0.25, -0.2) is 4.79 Å². The molecule has 0 bridgehead atoms. The Morgan fingerprint density at radius 3 is 2.56 bits per heavy atom. The monoisotopic (exact) mass is 226 g/mol. The Labute approximate surface area is 93.6 Å². The fraction of sp³-hybridized carbons (Fsp3) is 0.273. The van der Waals surface area contributed by atoms with E-state index in [0.29, 0.717) is 5.56 Å². The second kappa shape index (κ2) is 5.25. The molecule has 2 atom stereocenters. The standard InChI is InChI=1S/C11H12FNO3/c1-8(11(15)16)13(12)10(14)7-9-5-3-2-4-6-9/h2-6,8H,7H2,1H3,(H,15,16)/t8-/m0/s1/i7D/t7?,8-. The van der Waals surface area contributed by atoms with Crippen LogP contribution in [0.15, 0.2) is 30.3 Å².